The van der Waals surface area contributed by atoms with Crippen molar-refractivity contribution in [1.82, 2.24) is 0 Å². The minimum atomic E-state index is 0.680. The first-order valence-corrected chi connectivity index (χ1v) is 6.82. The van der Waals surface area contributed by atoms with E-state index in [0.717, 1.165) is 24.4 Å². The third-order valence-electron chi connectivity index (χ3n) is 2.50. The van der Waals surface area contributed by atoms with Crippen molar-refractivity contribution >= 4 is 17.3 Å². The molecule has 0 radical (unpaired) electrons. The van der Waals surface area contributed by atoms with Crippen molar-refractivity contribution in [2.24, 2.45) is 0 Å². The SMILES string of the molecule is CCCCCNc1ccc(OCCC)c(Cl)c1. The van der Waals surface area contributed by atoms with Gasteiger partial charge in [-0.25, -0.2) is 0 Å². The zero-order valence-corrected chi connectivity index (χ0v) is 11.5. The average molecular weight is 256 g/mol. The second-order valence-electron chi connectivity index (χ2n) is 4.13. The fourth-order valence-corrected chi connectivity index (χ4v) is 1.78. The van der Waals surface area contributed by atoms with Gasteiger partial charge in [0.15, 0.2) is 0 Å². The molecule has 0 aromatic heterocycles. The van der Waals surface area contributed by atoms with E-state index in [9.17, 15) is 0 Å². The highest BCUT2D eigenvalue weighted by atomic mass is 35.5. The van der Waals surface area contributed by atoms with Crippen LogP contribution >= 0.6 is 11.6 Å². The summed E-state index contributed by atoms with van der Waals surface area (Å²) < 4.78 is 5.52. The molecule has 96 valence electrons. The predicted octanol–water partition coefficient (Wildman–Crippen LogP) is 4.73. The van der Waals surface area contributed by atoms with Gasteiger partial charge in [-0.15, -0.1) is 0 Å². The number of ether oxygens (including phenoxy) is 1. The Hall–Kier alpha value is -0.890. The van der Waals surface area contributed by atoms with Gasteiger partial charge in [-0.2, -0.15) is 0 Å². The first-order valence-electron chi connectivity index (χ1n) is 6.44. The summed E-state index contributed by atoms with van der Waals surface area (Å²) in [4.78, 5) is 0. The second kappa shape index (κ2) is 8.24. The summed E-state index contributed by atoms with van der Waals surface area (Å²) in [7, 11) is 0. The molecule has 0 aliphatic carbocycles. The standard InChI is InChI=1S/C14H22ClNO/c1-3-5-6-9-16-12-7-8-14(13(15)11-12)17-10-4-2/h7-8,11,16H,3-6,9-10H2,1-2H3. The van der Waals surface area contributed by atoms with Crippen LogP contribution in [0.4, 0.5) is 5.69 Å². The molecule has 0 bridgehead atoms. The lowest BCUT2D eigenvalue weighted by Crippen LogP contribution is -2.01. The highest BCUT2D eigenvalue weighted by Gasteiger charge is 2.02. The van der Waals surface area contributed by atoms with Crippen LogP contribution in [0.3, 0.4) is 0 Å². The monoisotopic (exact) mass is 255 g/mol. The zero-order chi connectivity index (χ0) is 12.5. The van der Waals surface area contributed by atoms with E-state index in [-0.39, 0.29) is 0 Å². The molecule has 17 heavy (non-hydrogen) atoms. The largest absolute Gasteiger partial charge is 0.492 e. The van der Waals surface area contributed by atoms with Crippen molar-refractivity contribution in [3.05, 3.63) is 23.2 Å². The molecule has 1 aromatic carbocycles. The van der Waals surface area contributed by atoms with Crippen molar-refractivity contribution < 1.29 is 4.74 Å². The number of unbranched alkanes of at least 4 members (excludes halogenated alkanes) is 2. The lowest BCUT2D eigenvalue weighted by atomic mass is 10.2. The van der Waals surface area contributed by atoms with E-state index >= 15 is 0 Å². The summed E-state index contributed by atoms with van der Waals surface area (Å²) in [6.45, 7) is 6.00. The third-order valence-corrected chi connectivity index (χ3v) is 2.80. The van der Waals surface area contributed by atoms with Crippen LogP contribution in [0.5, 0.6) is 5.75 Å². The molecular formula is C14H22ClNO. The van der Waals surface area contributed by atoms with Gasteiger partial charge in [-0.1, -0.05) is 38.3 Å². The van der Waals surface area contributed by atoms with E-state index in [2.05, 4.69) is 19.2 Å². The van der Waals surface area contributed by atoms with Gasteiger partial charge in [0.2, 0.25) is 0 Å². The molecule has 3 heteroatoms. The van der Waals surface area contributed by atoms with Crippen molar-refractivity contribution in [3.8, 4) is 5.75 Å². The van der Waals surface area contributed by atoms with Crippen molar-refractivity contribution in [3.63, 3.8) is 0 Å². The lowest BCUT2D eigenvalue weighted by Gasteiger charge is -2.10. The maximum Gasteiger partial charge on any atom is 0.138 e. The Kier molecular flexibility index (Phi) is 6.87. The quantitative estimate of drug-likeness (QED) is 0.678. The Morgan fingerprint density at radius 3 is 2.65 bits per heavy atom. The maximum atomic E-state index is 6.14. The van der Waals surface area contributed by atoms with Gasteiger partial charge in [0, 0.05) is 12.2 Å². The summed E-state index contributed by atoms with van der Waals surface area (Å²) in [5.74, 6) is 0.771. The fraction of sp³-hybridized carbons (Fsp3) is 0.571. The molecule has 1 N–H and O–H groups in total. The first-order chi connectivity index (χ1) is 8.27. The van der Waals surface area contributed by atoms with E-state index in [1.807, 2.05) is 18.2 Å². The second-order valence-corrected chi connectivity index (χ2v) is 4.53. The van der Waals surface area contributed by atoms with E-state index in [0.29, 0.717) is 11.6 Å². The third kappa shape index (κ3) is 5.31. The fourth-order valence-electron chi connectivity index (χ4n) is 1.55. The summed E-state index contributed by atoms with van der Waals surface area (Å²) >= 11 is 6.14. The molecule has 0 saturated carbocycles. The van der Waals surface area contributed by atoms with Crippen LogP contribution in [0, 0.1) is 0 Å². The van der Waals surface area contributed by atoms with Gasteiger partial charge in [-0.3, -0.25) is 0 Å². The van der Waals surface area contributed by atoms with Crippen LogP contribution < -0.4 is 10.1 Å². The minimum absolute atomic E-state index is 0.680. The molecule has 1 rings (SSSR count). The summed E-state index contributed by atoms with van der Waals surface area (Å²) in [5.41, 5.74) is 1.06. The molecule has 0 aliphatic heterocycles. The van der Waals surface area contributed by atoms with Crippen LogP contribution in [0.2, 0.25) is 5.02 Å². The Bertz CT molecular complexity index is 328. The Morgan fingerprint density at radius 2 is 2.00 bits per heavy atom. The average Bonchev–Trinajstić information content (AvgIpc) is 2.34. The van der Waals surface area contributed by atoms with Gasteiger partial charge in [0.25, 0.3) is 0 Å². The first kappa shape index (κ1) is 14.2. The van der Waals surface area contributed by atoms with E-state index in [4.69, 9.17) is 16.3 Å². The minimum Gasteiger partial charge on any atom is -0.492 e. The van der Waals surface area contributed by atoms with Crippen molar-refractivity contribution in [2.75, 3.05) is 18.5 Å². The van der Waals surface area contributed by atoms with Crippen molar-refractivity contribution in [1.29, 1.82) is 0 Å². The summed E-state index contributed by atoms with van der Waals surface area (Å²) in [6, 6.07) is 5.88. The summed E-state index contributed by atoms with van der Waals surface area (Å²) in [5, 5.41) is 4.04. The molecule has 0 saturated heterocycles. The van der Waals surface area contributed by atoms with Crippen molar-refractivity contribution in [2.45, 2.75) is 39.5 Å². The van der Waals surface area contributed by atoms with Crippen LogP contribution in [0.1, 0.15) is 39.5 Å². The number of rotatable bonds is 8. The number of benzene rings is 1. The van der Waals surface area contributed by atoms with Crippen LogP contribution in [-0.4, -0.2) is 13.2 Å². The highest BCUT2D eigenvalue weighted by molar-refractivity contribution is 6.32. The number of hydrogen-bond acceptors (Lipinski definition) is 2. The predicted molar refractivity (Wildman–Crippen MR) is 75.3 cm³/mol. The van der Waals surface area contributed by atoms with E-state index in [1.54, 1.807) is 0 Å². The number of hydrogen-bond donors (Lipinski definition) is 1. The molecule has 0 unspecified atom stereocenters. The van der Waals surface area contributed by atoms with Crippen LogP contribution in [0.25, 0.3) is 0 Å². The van der Waals surface area contributed by atoms with Crippen LogP contribution in [0.15, 0.2) is 18.2 Å². The number of nitrogens with one attached hydrogen (secondary N) is 1. The maximum absolute atomic E-state index is 6.14. The molecule has 2 nitrogen and oxygen atoms in total. The molecule has 0 fully saturated rings. The molecule has 0 spiro atoms. The number of halogens is 1. The number of anilines is 1. The highest BCUT2D eigenvalue weighted by Crippen LogP contribution is 2.27. The molecule has 0 heterocycles. The van der Waals surface area contributed by atoms with Crippen LogP contribution in [-0.2, 0) is 0 Å². The van der Waals surface area contributed by atoms with Gasteiger partial charge in [-0.05, 0) is 31.0 Å². The topological polar surface area (TPSA) is 21.3 Å². The molecule has 0 aliphatic rings. The van der Waals surface area contributed by atoms with E-state index in [1.165, 1.54) is 19.3 Å². The van der Waals surface area contributed by atoms with Gasteiger partial charge < -0.3 is 10.1 Å². The lowest BCUT2D eigenvalue weighted by molar-refractivity contribution is 0.317. The molecule has 1 aromatic rings. The summed E-state index contributed by atoms with van der Waals surface area (Å²) in [6.07, 6.45) is 4.69. The smallest absolute Gasteiger partial charge is 0.138 e. The zero-order valence-electron chi connectivity index (χ0n) is 10.8. The molecule has 0 amide bonds. The van der Waals surface area contributed by atoms with Gasteiger partial charge in [0.1, 0.15) is 5.75 Å². The Labute approximate surface area is 109 Å². The Balaban J connectivity index is 2.44. The van der Waals surface area contributed by atoms with E-state index < -0.39 is 0 Å². The molecule has 0 atom stereocenters. The Morgan fingerprint density at radius 1 is 1.18 bits per heavy atom. The normalized spacial score (nSPS) is 10.3. The molecular weight excluding hydrogens is 234 g/mol. The van der Waals surface area contributed by atoms with Gasteiger partial charge in [0.05, 0.1) is 11.6 Å². The van der Waals surface area contributed by atoms with Gasteiger partial charge >= 0.3 is 0 Å².